The van der Waals surface area contributed by atoms with Crippen LogP contribution in [0.2, 0.25) is 0 Å². The van der Waals surface area contributed by atoms with Gasteiger partial charge in [0.2, 0.25) is 0 Å². The number of methoxy groups -OCH3 is 1. The van der Waals surface area contributed by atoms with E-state index in [4.69, 9.17) is 14.2 Å². The van der Waals surface area contributed by atoms with E-state index >= 15 is 0 Å². The van der Waals surface area contributed by atoms with E-state index in [0.717, 1.165) is 35.6 Å². The third kappa shape index (κ3) is 4.75. The van der Waals surface area contributed by atoms with Gasteiger partial charge in [-0.2, -0.15) is 0 Å². The summed E-state index contributed by atoms with van der Waals surface area (Å²) in [5.74, 6) is 1.63. The van der Waals surface area contributed by atoms with E-state index in [0.29, 0.717) is 26.4 Å². The molecule has 2 aromatic rings. The zero-order chi connectivity index (χ0) is 19.8. The molecule has 0 bridgehead atoms. The van der Waals surface area contributed by atoms with Crippen LogP contribution < -0.4 is 20.1 Å². The fraction of sp³-hybridized carbons (Fsp3) is 0.409. The minimum absolute atomic E-state index is 0.207. The summed E-state index contributed by atoms with van der Waals surface area (Å²) in [5, 5.41) is 5.92. The van der Waals surface area contributed by atoms with Crippen molar-refractivity contribution in [3.63, 3.8) is 0 Å². The van der Waals surface area contributed by atoms with Crippen LogP contribution in [0.4, 0.5) is 10.5 Å². The average Bonchev–Trinajstić information content (AvgIpc) is 2.74. The molecule has 1 heterocycles. The van der Waals surface area contributed by atoms with Crippen molar-refractivity contribution in [2.45, 2.75) is 25.2 Å². The lowest BCUT2D eigenvalue weighted by Gasteiger charge is -2.38. The summed E-state index contributed by atoms with van der Waals surface area (Å²) in [5.41, 5.74) is 1.63. The summed E-state index contributed by atoms with van der Waals surface area (Å²) in [7, 11) is 1.68. The number of carbonyl (C=O) groups excluding carboxylic acids is 1. The molecule has 1 saturated heterocycles. The summed E-state index contributed by atoms with van der Waals surface area (Å²) in [4.78, 5) is 12.5. The van der Waals surface area contributed by atoms with E-state index in [1.807, 2.05) is 49.4 Å². The molecule has 0 spiro atoms. The van der Waals surface area contributed by atoms with Gasteiger partial charge in [-0.05, 0) is 50.1 Å². The number of hydrogen-bond acceptors (Lipinski definition) is 4. The van der Waals surface area contributed by atoms with Crippen molar-refractivity contribution < 1.29 is 19.0 Å². The Morgan fingerprint density at radius 2 is 1.82 bits per heavy atom. The summed E-state index contributed by atoms with van der Waals surface area (Å²) in [6, 6.07) is 15.1. The topological polar surface area (TPSA) is 68.8 Å². The molecule has 1 aliphatic rings. The maximum atomic E-state index is 12.5. The SMILES string of the molecule is CCOc1ccc(NC(=O)NCC2(c3ccccc3OC)CCOCC2)cc1. The van der Waals surface area contributed by atoms with Crippen molar-refractivity contribution in [1.82, 2.24) is 5.32 Å². The molecule has 0 radical (unpaired) electrons. The lowest BCUT2D eigenvalue weighted by molar-refractivity contribution is 0.0500. The monoisotopic (exact) mass is 384 g/mol. The van der Waals surface area contributed by atoms with Crippen LogP contribution in [0.5, 0.6) is 11.5 Å². The van der Waals surface area contributed by atoms with Gasteiger partial charge in [-0.1, -0.05) is 18.2 Å². The highest BCUT2D eigenvalue weighted by Gasteiger charge is 2.37. The molecule has 150 valence electrons. The van der Waals surface area contributed by atoms with Gasteiger partial charge in [0.05, 0.1) is 13.7 Å². The van der Waals surface area contributed by atoms with E-state index in [2.05, 4.69) is 16.7 Å². The summed E-state index contributed by atoms with van der Waals surface area (Å²) >= 11 is 0. The van der Waals surface area contributed by atoms with E-state index in [-0.39, 0.29) is 11.4 Å². The van der Waals surface area contributed by atoms with E-state index in [1.54, 1.807) is 7.11 Å². The molecule has 6 heteroatoms. The van der Waals surface area contributed by atoms with Crippen molar-refractivity contribution in [3.05, 3.63) is 54.1 Å². The molecule has 28 heavy (non-hydrogen) atoms. The smallest absolute Gasteiger partial charge is 0.319 e. The zero-order valence-corrected chi connectivity index (χ0v) is 16.5. The number of para-hydroxylation sites is 1. The molecular formula is C22H28N2O4. The van der Waals surface area contributed by atoms with Crippen molar-refractivity contribution in [1.29, 1.82) is 0 Å². The van der Waals surface area contributed by atoms with Crippen LogP contribution in [0.3, 0.4) is 0 Å². The molecule has 2 N–H and O–H groups in total. The third-order valence-electron chi connectivity index (χ3n) is 5.14. The highest BCUT2D eigenvalue weighted by atomic mass is 16.5. The Hall–Kier alpha value is -2.73. The van der Waals surface area contributed by atoms with Gasteiger partial charge in [0, 0.05) is 36.4 Å². The molecule has 0 saturated carbocycles. The predicted octanol–water partition coefficient (Wildman–Crippen LogP) is 3.96. The Balaban J connectivity index is 1.67. The minimum Gasteiger partial charge on any atom is -0.496 e. The van der Waals surface area contributed by atoms with Crippen LogP contribution in [-0.4, -0.2) is 39.5 Å². The van der Waals surface area contributed by atoms with Gasteiger partial charge in [0.15, 0.2) is 0 Å². The Bertz CT molecular complexity index is 770. The Labute approximate surface area is 166 Å². The first-order valence-electron chi connectivity index (χ1n) is 9.66. The predicted molar refractivity (Wildman–Crippen MR) is 109 cm³/mol. The highest BCUT2D eigenvalue weighted by Crippen LogP contribution is 2.39. The van der Waals surface area contributed by atoms with Crippen LogP contribution in [0.25, 0.3) is 0 Å². The van der Waals surface area contributed by atoms with Crippen LogP contribution in [0.15, 0.2) is 48.5 Å². The first-order valence-corrected chi connectivity index (χ1v) is 9.66. The average molecular weight is 384 g/mol. The van der Waals surface area contributed by atoms with Gasteiger partial charge >= 0.3 is 6.03 Å². The first kappa shape index (κ1) is 20.0. The van der Waals surface area contributed by atoms with Crippen LogP contribution >= 0.6 is 0 Å². The molecule has 3 rings (SSSR count). The van der Waals surface area contributed by atoms with Gasteiger partial charge in [0.1, 0.15) is 11.5 Å². The van der Waals surface area contributed by atoms with E-state index in [1.165, 1.54) is 0 Å². The maximum absolute atomic E-state index is 12.5. The summed E-state index contributed by atoms with van der Waals surface area (Å²) in [6.45, 7) is 4.40. The van der Waals surface area contributed by atoms with Crippen molar-refractivity contribution in [3.8, 4) is 11.5 Å². The molecule has 2 aromatic carbocycles. The fourth-order valence-electron chi connectivity index (χ4n) is 3.61. The fourth-order valence-corrected chi connectivity index (χ4v) is 3.61. The van der Waals surface area contributed by atoms with Crippen LogP contribution in [0, 0.1) is 0 Å². The number of anilines is 1. The number of nitrogens with one attached hydrogen (secondary N) is 2. The summed E-state index contributed by atoms with van der Waals surface area (Å²) < 4.78 is 16.6. The number of carbonyl (C=O) groups is 1. The lowest BCUT2D eigenvalue weighted by atomic mass is 9.73. The highest BCUT2D eigenvalue weighted by molar-refractivity contribution is 5.89. The molecule has 0 aromatic heterocycles. The molecular weight excluding hydrogens is 356 g/mol. The molecule has 0 atom stereocenters. The molecule has 1 fully saturated rings. The molecule has 0 unspecified atom stereocenters. The van der Waals surface area contributed by atoms with Crippen LogP contribution in [0.1, 0.15) is 25.3 Å². The van der Waals surface area contributed by atoms with Crippen molar-refractivity contribution >= 4 is 11.7 Å². The summed E-state index contributed by atoms with van der Waals surface area (Å²) in [6.07, 6.45) is 1.66. The number of ether oxygens (including phenoxy) is 3. The number of rotatable bonds is 7. The Kier molecular flexibility index (Phi) is 6.76. The standard InChI is InChI=1S/C22H28N2O4/c1-3-28-18-10-8-17(9-11-18)24-21(25)23-16-22(12-14-27-15-13-22)19-6-4-5-7-20(19)26-2/h4-11H,3,12-16H2,1-2H3,(H2,23,24,25). The van der Waals surface area contributed by atoms with E-state index < -0.39 is 0 Å². The van der Waals surface area contributed by atoms with Gasteiger partial charge in [-0.15, -0.1) is 0 Å². The number of benzene rings is 2. The second kappa shape index (κ2) is 9.46. The normalized spacial score (nSPS) is 15.5. The van der Waals surface area contributed by atoms with Crippen LogP contribution in [-0.2, 0) is 10.2 Å². The third-order valence-corrected chi connectivity index (χ3v) is 5.14. The quantitative estimate of drug-likeness (QED) is 0.758. The van der Waals surface area contributed by atoms with Crippen molar-refractivity contribution in [2.24, 2.45) is 0 Å². The molecule has 1 aliphatic heterocycles. The van der Waals surface area contributed by atoms with Gasteiger partial charge < -0.3 is 24.8 Å². The molecule has 6 nitrogen and oxygen atoms in total. The number of urea groups is 1. The largest absolute Gasteiger partial charge is 0.496 e. The second-order valence-corrected chi connectivity index (χ2v) is 6.86. The van der Waals surface area contributed by atoms with Gasteiger partial charge in [-0.3, -0.25) is 0 Å². The Morgan fingerprint density at radius 3 is 2.50 bits per heavy atom. The second-order valence-electron chi connectivity index (χ2n) is 6.86. The number of hydrogen-bond donors (Lipinski definition) is 2. The van der Waals surface area contributed by atoms with E-state index in [9.17, 15) is 4.79 Å². The van der Waals surface area contributed by atoms with Gasteiger partial charge in [0.25, 0.3) is 0 Å². The molecule has 0 aliphatic carbocycles. The first-order chi connectivity index (χ1) is 13.7. The zero-order valence-electron chi connectivity index (χ0n) is 16.5. The Morgan fingerprint density at radius 1 is 1.11 bits per heavy atom. The maximum Gasteiger partial charge on any atom is 0.319 e. The minimum atomic E-state index is -0.232. The number of amides is 2. The molecule has 2 amide bonds. The lowest BCUT2D eigenvalue weighted by Crippen LogP contribution is -2.45. The van der Waals surface area contributed by atoms with Crippen molar-refractivity contribution in [2.75, 3.05) is 38.8 Å². The van der Waals surface area contributed by atoms with Gasteiger partial charge in [-0.25, -0.2) is 4.79 Å².